The molecule has 1 amide bonds. The number of carbonyl (C=O) groups is 1. The monoisotopic (exact) mass is 297 g/mol. The second-order valence-corrected chi connectivity index (χ2v) is 6.82. The van der Waals surface area contributed by atoms with Gasteiger partial charge in [-0.15, -0.1) is 0 Å². The first-order chi connectivity index (χ1) is 9.98. The van der Waals surface area contributed by atoms with Crippen LogP contribution >= 0.6 is 0 Å². The normalized spacial score (nSPS) is 31.4. The van der Waals surface area contributed by atoms with E-state index in [1.165, 1.54) is 0 Å². The molecule has 21 heavy (non-hydrogen) atoms. The fourth-order valence-electron chi connectivity index (χ4n) is 3.22. The predicted octanol–water partition coefficient (Wildman–Crippen LogP) is 1.29. The van der Waals surface area contributed by atoms with E-state index in [4.69, 9.17) is 4.74 Å². The summed E-state index contributed by atoms with van der Waals surface area (Å²) < 4.78 is 5.37. The number of ether oxygens (including phenoxy) is 1. The molecule has 0 aromatic rings. The van der Waals surface area contributed by atoms with Gasteiger partial charge in [-0.05, 0) is 25.7 Å². The van der Waals surface area contributed by atoms with Gasteiger partial charge < -0.3 is 9.64 Å². The summed E-state index contributed by atoms with van der Waals surface area (Å²) in [6.07, 6.45) is 2.05. The van der Waals surface area contributed by atoms with Crippen LogP contribution in [0.5, 0.6) is 0 Å². The largest absolute Gasteiger partial charge is 0.379 e. The van der Waals surface area contributed by atoms with Crippen molar-refractivity contribution >= 4 is 5.91 Å². The third kappa shape index (κ3) is 3.76. The van der Waals surface area contributed by atoms with Crippen LogP contribution in [0.3, 0.4) is 0 Å². The average Bonchev–Trinajstić information content (AvgIpc) is 2.74. The summed E-state index contributed by atoms with van der Waals surface area (Å²) in [5, 5.41) is 3.55. The summed E-state index contributed by atoms with van der Waals surface area (Å²) >= 11 is 0. The zero-order valence-electron chi connectivity index (χ0n) is 14.0. The molecule has 0 aliphatic carbocycles. The van der Waals surface area contributed by atoms with E-state index < -0.39 is 0 Å². The lowest BCUT2D eigenvalue weighted by Gasteiger charge is -2.30. The summed E-state index contributed by atoms with van der Waals surface area (Å²) in [7, 11) is 0. The summed E-state index contributed by atoms with van der Waals surface area (Å²) in [5.41, 5.74) is -0.381. The number of nitrogens with one attached hydrogen (secondary N) is 1. The summed E-state index contributed by atoms with van der Waals surface area (Å²) in [6, 6.07) is 0. The smallest absolute Gasteiger partial charge is 0.243 e. The highest BCUT2D eigenvalue weighted by Crippen LogP contribution is 2.27. The fourth-order valence-corrected chi connectivity index (χ4v) is 3.22. The molecule has 2 heterocycles. The van der Waals surface area contributed by atoms with Crippen LogP contribution in [0.15, 0.2) is 0 Å². The highest BCUT2D eigenvalue weighted by molar-refractivity contribution is 5.88. The molecule has 2 saturated heterocycles. The first-order valence-corrected chi connectivity index (χ1v) is 8.37. The third-order valence-corrected chi connectivity index (χ3v) is 4.85. The lowest BCUT2D eigenvalue weighted by Crippen LogP contribution is -2.45. The van der Waals surface area contributed by atoms with Gasteiger partial charge in [0, 0.05) is 26.2 Å². The number of amides is 1. The maximum Gasteiger partial charge on any atom is 0.243 e. The molecule has 0 aromatic carbocycles. The van der Waals surface area contributed by atoms with Gasteiger partial charge in [0.15, 0.2) is 0 Å². The van der Waals surface area contributed by atoms with E-state index >= 15 is 0 Å². The average molecular weight is 297 g/mol. The minimum Gasteiger partial charge on any atom is -0.379 e. The van der Waals surface area contributed by atoms with Gasteiger partial charge in [-0.1, -0.05) is 20.8 Å². The first kappa shape index (κ1) is 16.7. The molecule has 0 bridgehead atoms. The molecule has 0 saturated carbocycles. The highest BCUT2D eigenvalue weighted by Gasteiger charge is 2.47. The molecule has 1 N–H and O–H groups in total. The van der Waals surface area contributed by atoms with Crippen molar-refractivity contribution in [3.8, 4) is 0 Å². The van der Waals surface area contributed by atoms with E-state index in [1.807, 2.05) is 6.92 Å². The summed E-state index contributed by atoms with van der Waals surface area (Å²) in [5.74, 6) is 0.705. The van der Waals surface area contributed by atoms with Crippen molar-refractivity contribution < 1.29 is 9.53 Å². The molecule has 0 aromatic heterocycles. The Morgan fingerprint density at radius 2 is 2.00 bits per heavy atom. The molecule has 2 fully saturated rings. The van der Waals surface area contributed by atoms with Gasteiger partial charge in [0.25, 0.3) is 0 Å². The quantitative estimate of drug-likeness (QED) is 0.802. The Morgan fingerprint density at radius 3 is 2.57 bits per heavy atom. The Morgan fingerprint density at radius 1 is 1.33 bits per heavy atom. The zero-order valence-corrected chi connectivity index (χ0v) is 14.0. The number of carbonyl (C=O) groups excluding carboxylic acids is 1. The van der Waals surface area contributed by atoms with E-state index in [0.29, 0.717) is 5.92 Å². The van der Waals surface area contributed by atoms with Crippen molar-refractivity contribution in [1.82, 2.24) is 15.1 Å². The maximum atomic E-state index is 12.7. The minimum atomic E-state index is -0.381. The lowest BCUT2D eigenvalue weighted by molar-refractivity contribution is -0.133. The standard InChI is InChI=1S/C16H31N3O2/c1-5-16(4)15(20)19(14(17-16)13(2)3)8-6-7-18-9-11-21-12-10-18/h13-14,17H,5-12H2,1-4H3. The molecule has 2 aliphatic heterocycles. The third-order valence-electron chi connectivity index (χ3n) is 4.85. The number of hydrogen-bond acceptors (Lipinski definition) is 4. The van der Waals surface area contributed by atoms with Crippen LogP contribution in [-0.4, -0.2) is 66.8 Å². The molecular formula is C16H31N3O2. The molecule has 2 rings (SSSR count). The Kier molecular flexibility index (Phi) is 5.63. The molecule has 0 radical (unpaired) electrons. The van der Waals surface area contributed by atoms with Crippen molar-refractivity contribution in [2.75, 3.05) is 39.4 Å². The van der Waals surface area contributed by atoms with Gasteiger partial charge in [-0.3, -0.25) is 15.0 Å². The van der Waals surface area contributed by atoms with Gasteiger partial charge >= 0.3 is 0 Å². The molecule has 2 unspecified atom stereocenters. The van der Waals surface area contributed by atoms with E-state index in [9.17, 15) is 4.79 Å². The summed E-state index contributed by atoms with van der Waals surface area (Å²) in [4.78, 5) is 17.2. The van der Waals surface area contributed by atoms with E-state index in [-0.39, 0.29) is 17.6 Å². The second-order valence-electron chi connectivity index (χ2n) is 6.82. The molecule has 2 atom stereocenters. The first-order valence-electron chi connectivity index (χ1n) is 8.37. The van der Waals surface area contributed by atoms with Crippen molar-refractivity contribution in [3.63, 3.8) is 0 Å². The van der Waals surface area contributed by atoms with Crippen molar-refractivity contribution in [3.05, 3.63) is 0 Å². The van der Waals surface area contributed by atoms with Crippen LogP contribution in [0.25, 0.3) is 0 Å². The maximum absolute atomic E-state index is 12.7. The molecule has 5 heteroatoms. The Labute approximate surface area is 129 Å². The molecule has 0 spiro atoms. The summed E-state index contributed by atoms with van der Waals surface area (Å²) in [6.45, 7) is 14.1. The SMILES string of the molecule is CCC1(C)NC(C(C)C)N(CCCN2CCOCC2)C1=O. The van der Waals surface area contributed by atoms with Gasteiger partial charge in [-0.25, -0.2) is 0 Å². The van der Waals surface area contributed by atoms with Crippen molar-refractivity contribution in [1.29, 1.82) is 0 Å². The molecule has 122 valence electrons. The van der Waals surface area contributed by atoms with Crippen molar-refractivity contribution in [2.45, 2.75) is 52.2 Å². The number of morpholine rings is 1. The minimum absolute atomic E-state index is 0.173. The van der Waals surface area contributed by atoms with Gasteiger partial charge in [-0.2, -0.15) is 0 Å². The number of rotatable bonds is 6. The second kappa shape index (κ2) is 7.07. The highest BCUT2D eigenvalue weighted by atomic mass is 16.5. The van der Waals surface area contributed by atoms with E-state index in [2.05, 4.69) is 35.9 Å². The van der Waals surface area contributed by atoms with Gasteiger partial charge in [0.05, 0.1) is 24.9 Å². The number of hydrogen-bond donors (Lipinski definition) is 1. The van der Waals surface area contributed by atoms with Crippen LogP contribution in [-0.2, 0) is 9.53 Å². The Hall–Kier alpha value is -0.650. The van der Waals surface area contributed by atoms with Crippen LogP contribution in [0.1, 0.15) is 40.5 Å². The Balaban J connectivity index is 1.88. The van der Waals surface area contributed by atoms with Crippen molar-refractivity contribution in [2.24, 2.45) is 5.92 Å². The van der Waals surface area contributed by atoms with E-state index in [0.717, 1.165) is 52.2 Å². The molecule has 5 nitrogen and oxygen atoms in total. The predicted molar refractivity (Wildman–Crippen MR) is 84.0 cm³/mol. The van der Waals surface area contributed by atoms with Crippen LogP contribution in [0.4, 0.5) is 0 Å². The molecule has 2 aliphatic rings. The fraction of sp³-hybridized carbons (Fsp3) is 0.938. The number of nitrogens with zero attached hydrogens (tertiary/aromatic N) is 2. The van der Waals surface area contributed by atoms with Crippen LogP contribution in [0.2, 0.25) is 0 Å². The van der Waals surface area contributed by atoms with Gasteiger partial charge in [0.1, 0.15) is 0 Å². The molecular weight excluding hydrogens is 266 g/mol. The van der Waals surface area contributed by atoms with Gasteiger partial charge in [0.2, 0.25) is 5.91 Å². The van der Waals surface area contributed by atoms with E-state index in [1.54, 1.807) is 0 Å². The van der Waals surface area contributed by atoms with Crippen LogP contribution < -0.4 is 5.32 Å². The lowest BCUT2D eigenvalue weighted by atomic mass is 9.99. The van der Waals surface area contributed by atoms with Crippen LogP contribution in [0, 0.1) is 5.92 Å². The topological polar surface area (TPSA) is 44.8 Å². The Bertz CT molecular complexity index is 355. The zero-order chi connectivity index (χ0) is 15.5.